The van der Waals surface area contributed by atoms with E-state index in [-0.39, 0.29) is 11.6 Å². The summed E-state index contributed by atoms with van der Waals surface area (Å²) in [6.45, 7) is 9.24. The molecule has 1 heterocycles. The number of nitrogens with one attached hydrogen (secondary N) is 3. The first kappa shape index (κ1) is 24.8. The Labute approximate surface area is 209 Å². The second-order valence-corrected chi connectivity index (χ2v) is 10.3. The van der Waals surface area contributed by atoms with Crippen molar-refractivity contribution in [3.8, 4) is 11.1 Å². The third kappa shape index (κ3) is 5.84. The van der Waals surface area contributed by atoms with Crippen molar-refractivity contribution in [3.05, 3.63) is 78.1 Å². The molecular formula is C30H38N4O. The minimum absolute atomic E-state index is 0.143. The van der Waals surface area contributed by atoms with Gasteiger partial charge in [0.1, 0.15) is 0 Å². The fourth-order valence-corrected chi connectivity index (χ4v) is 5.16. The Morgan fingerprint density at radius 2 is 1.51 bits per heavy atom. The molecule has 1 saturated carbocycles. The molecule has 3 aromatic rings. The first-order valence-electron chi connectivity index (χ1n) is 12.8. The Balaban J connectivity index is 1.51. The predicted molar refractivity (Wildman–Crippen MR) is 146 cm³/mol. The maximum Gasteiger partial charge on any atom is 0.319 e. The predicted octanol–water partition coefficient (Wildman–Crippen LogP) is 7.54. The molecule has 2 amide bonds. The molecule has 0 atom stereocenters. The SMILES string of the molecule is CC(C)c1cccc(C(C)C)c1NC(=O)NCC1(Nc2ccccc2-c2ccncc2)CCCC1. The minimum atomic E-state index is -0.168. The maximum absolute atomic E-state index is 13.1. The van der Waals surface area contributed by atoms with Crippen molar-refractivity contribution in [2.75, 3.05) is 17.2 Å². The number of aromatic nitrogens is 1. The quantitative estimate of drug-likeness (QED) is 0.318. The summed E-state index contributed by atoms with van der Waals surface area (Å²) in [6, 6.07) is 18.6. The van der Waals surface area contributed by atoms with Crippen LogP contribution >= 0.6 is 0 Å². The van der Waals surface area contributed by atoms with Crippen LogP contribution in [-0.4, -0.2) is 23.1 Å². The second-order valence-electron chi connectivity index (χ2n) is 10.3. The van der Waals surface area contributed by atoms with Crippen LogP contribution in [0.25, 0.3) is 11.1 Å². The lowest BCUT2D eigenvalue weighted by atomic mass is 9.92. The van der Waals surface area contributed by atoms with E-state index in [0.29, 0.717) is 18.4 Å². The molecule has 3 N–H and O–H groups in total. The van der Waals surface area contributed by atoms with E-state index < -0.39 is 0 Å². The lowest BCUT2D eigenvalue weighted by Crippen LogP contribution is -2.48. The monoisotopic (exact) mass is 470 g/mol. The topological polar surface area (TPSA) is 66.1 Å². The number of carbonyl (C=O) groups is 1. The zero-order chi connectivity index (χ0) is 24.8. The molecular weight excluding hydrogens is 432 g/mol. The van der Waals surface area contributed by atoms with Crippen LogP contribution in [0.4, 0.5) is 16.2 Å². The molecule has 0 aliphatic heterocycles. The summed E-state index contributed by atoms with van der Waals surface area (Å²) in [5.41, 5.74) is 6.50. The normalized spacial score (nSPS) is 14.8. The summed E-state index contributed by atoms with van der Waals surface area (Å²) in [5.74, 6) is 0.660. The van der Waals surface area contributed by atoms with Gasteiger partial charge in [0.05, 0.1) is 5.54 Å². The molecule has 5 heteroatoms. The number of para-hydroxylation sites is 2. The summed E-state index contributed by atoms with van der Waals surface area (Å²) >= 11 is 0. The van der Waals surface area contributed by atoms with Crippen LogP contribution < -0.4 is 16.0 Å². The van der Waals surface area contributed by atoms with Gasteiger partial charge in [-0.3, -0.25) is 4.98 Å². The molecule has 184 valence electrons. The largest absolute Gasteiger partial charge is 0.377 e. The molecule has 0 bridgehead atoms. The average molecular weight is 471 g/mol. The van der Waals surface area contributed by atoms with Crippen LogP contribution in [0.15, 0.2) is 67.0 Å². The highest BCUT2D eigenvalue weighted by atomic mass is 16.2. The third-order valence-electron chi connectivity index (χ3n) is 7.08. The first-order chi connectivity index (χ1) is 16.9. The first-order valence-corrected chi connectivity index (χ1v) is 12.8. The van der Waals surface area contributed by atoms with Crippen molar-refractivity contribution in [2.45, 2.75) is 70.8 Å². The summed E-state index contributed by atoms with van der Waals surface area (Å²) in [4.78, 5) is 17.3. The molecule has 1 fully saturated rings. The van der Waals surface area contributed by atoms with E-state index in [2.05, 4.69) is 91.1 Å². The standard InChI is InChI=1S/C30H38N4O/c1-21(2)24-11-9-12-25(22(3)4)28(24)33-29(35)32-20-30(16-7-8-17-30)34-27-13-6-5-10-26(27)23-14-18-31-19-15-23/h5-6,9-15,18-19,21-22,34H,7-8,16-17,20H2,1-4H3,(H2,32,33,35). The summed E-state index contributed by atoms with van der Waals surface area (Å²) in [5, 5.41) is 10.2. The van der Waals surface area contributed by atoms with Gasteiger partial charge in [0.2, 0.25) is 0 Å². The van der Waals surface area contributed by atoms with Gasteiger partial charge in [-0.1, -0.05) is 76.9 Å². The maximum atomic E-state index is 13.1. The van der Waals surface area contributed by atoms with E-state index in [1.54, 1.807) is 0 Å². The zero-order valence-electron chi connectivity index (χ0n) is 21.4. The number of hydrogen-bond acceptors (Lipinski definition) is 3. The van der Waals surface area contributed by atoms with E-state index in [1.807, 2.05) is 24.5 Å². The summed E-state index contributed by atoms with van der Waals surface area (Å²) < 4.78 is 0. The lowest BCUT2D eigenvalue weighted by molar-refractivity contribution is 0.249. The van der Waals surface area contributed by atoms with Crippen LogP contribution in [0.3, 0.4) is 0 Å². The van der Waals surface area contributed by atoms with Crippen LogP contribution in [0.1, 0.15) is 76.3 Å². The molecule has 4 rings (SSSR count). The van der Waals surface area contributed by atoms with Crippen molar-refractivity contribution in [1.29, 1.82) is 0 Å². The van der Waals surface area contributed by atoms with Crippen molar-refractivity contribution < 1.29 is 4.79 Å². The van der Waals surface area contributed by atoms with Crippen molar-refractivity contribution in [3.63, 3.8) is 0 Å². The number of nitrogens with zero attached hydrogens (tertiary/aromatic N) is 1. The average Bonchev–Trinajstić information content (AvgIpc) is 3.32. The Hall–Kier alpha value is -3.34. The van der Waals surface area contributed by atoms with E-state index in [1.165, 1.54) is 11.1 Å². The molecule has 35 heavy (non-hydrogen) atoms. The highest BCUT2D eigenvalue weighted by molar-refractivity contribution is 5.91. The molecule has 1 aromatic heterocycles. The molecule has 0 radical (unpaired) electrons. The fourth-order valence-electron chi connectivity index (χ4n) is 5.16. The number of carbonyl (C=O) groups excluding carboxylic acids is 1. The van der Waals surface area contributed by atoms with Crippen LogP contribution in [0, 0.1) is 0 Å². The molecule has 1 aliphatic rings. The van der Waals surface area contributed by atoms with Crippen molar-refractivity contribution >= 4 is 17.4 Å². The van der Waals surface area contributed by atoms with Gasteiger partial charge in [-0.15, -0.1) is 0 Å². The fraction of sp³-hybridized carbons (Fsp3) is 0.400. The van der Waals surface area contributed by atoms with E-state index in [0.717, 1.165) is 48.2 Å². The van der Waals surface area contributed by atoms with Crippen LogP contribution in [-0.2, 0) is 0 Å². The molecule has 0 unspecified atom stereocenters. The van der Waals surface area contributed by atoms with Crippen molar-refractivity contribution in [1.82, 2.24) is 10.3 Å². The lowest BCUT2D eigenvalue weighted by Gasteiger charge is -2.33. The third-order valence-corrected chi connectivity index (χ3v) is 7.08. The smallest absolute Gasteiger partial charge is 0.319 e. The van der Waals surface area contributed by atoms with E-state index in [4.69, 9.17) is 0 Å². The summed E-state index contributed by atoms with van der Waals surface area (Å²) in [7, 11) is 0. The van der Waals surface area contributed by atoms with Gasteiger partial charge in [0.25, 0.3) is 0 Å². The number of pyridine rings is 1. The molecule has 5 nitrogen and oxygen atoms in total. The van der Waals surface area contributed by atoms with Gasteiger partial charge in [-0.25, -0.2) is 4.79 Å². The van der Waals surface area contributed by atoms with Gasteiger partial charge in [-0.2, -0.15) is 0 Å². The number of amides is 2. The number of hydrogen-bond donors (Lipinski definition) is 3. The summed E-state index contributed by atoms with van der Waals surface area (Å²) in [6.07, 6.45) is 8.01. The van der Waals surface area contributed by atoms with Gasteiger partial charge in [-0.05, 0) is 59.6 Å². The Morgan fingerprint density at radius 1 is 0.886 bits per heavy atom. The van der Waals surface area contributed by atoms with Gasteiger partial charge in [0.15, 0.2) is 0 Å². The Kier molecular flexibility index (Phi) is 7.74. The number of urea groups is 1. The number of anilines is 2. The highest BCUT2D eigenvalue weighted by Gasteiger charge is 2.34. The zero-order valence-corrected chi connectivity index (χ0v) is 21.4. The van der Waals surface area contributed by atoms with Crippen molar-refractivity contribution in [2.24, 2.45) is 0 Å². The minimum Gasteiger partial charge on any atom is -0.377 e. The van der Waals surface area contributed by atoms with Crippen LogP contribution in [0.2, 0.25) is 0 Å². The van der Waals surface area contributed by atoms with Crippen LogP contribution in [0.5, 0.6) is 0 Å². The second kappa shape index (κ2) is 10.9. The molecule has 0 saturated heterocycles. The van der Waals surface area contributed by atoms with Gasteiger partial charge in [0, 0.05) is 35.9 Å². The van der Waals surface area contributed by atoms with Gasteiger partial charge < -0.3 is 16.0 Å². The molecule has 1 aliphatic carbocycles. The van der Waals surface area contributed by atoms with E-state index >= 15 is 0 Å². The highest BCUT2D eigenvalue weighted by Crippen LogP contribution is 2.37. The van der Waals surface area contributed by atoms with Gasteiger partial charge >= 0.3 is 6.03 Å². The number of benzene rings is 2. The van der Waals surface area contributed by atoms with E-state index in [9.17, 15) is 4.79 Å². The molecule has 0 spiro atoms. The molecule has 2 aromatic carbocycles. The Morgan fingerprint density at radius 3 is 2.14 bits per heavy atom. The number of rotatable bonds is 8. The Bertz CT molecular complexity index is 1110.